The van der Waals surface area contributed by atoms with Gasteiger partial charge in [-0.05, 0) is 36.6 Å². The fourth-order valence-electron chi connectivity index (χ4n) is 2.11. The predicted molar refractivity (Wildman–Crippen MR) is 85.6 cm³/mol. The molecule has 2 aromatic rings. The van der Waals surface area contributed by atoms with E-state index in [2.05, 4.69) is 6.92 Å². The van der Waals surface area contributed by atoms with Crippen molar-refractivity contribution in [1.29, 1.82) is 0 Å². The van der Waals surface area contributed by atoms with E-state index in [1.54, 1.807) is 0 Å². The molecule has 0 saturated carbocycles. The van der Waals surface area contributed by atoms with E-state index in [0.29, 0.717) is 13.2 Å². The summed E-state index contributed by atoms with van der Waals surface area (Å²) < 4.78 is 11.6. The first kappa shape index (κ1) is 15.4. The lowest BCUT2D eigenvalue weighted by Gasteiger charge is -2.16. The zero-order chi connectivity index (χ0) is 15.1. The summed E-state index contributed by atoms with van der Waals surface area (Å²) in [6.45, 7) is 5.17. The van der Waals surface area contributed by atoms with E-state index < -0.39 is 0 Å². The fraction of sp³-hybridized carbons (Fsp3) is 0.333. The van der Waals surface area contributed by atoms with Gasteiger partial charge in [-0.25, -0.2) is 0 Å². The van der Waals surface area contributed by atoms with Gasteiger partial charge in [0.15, 0.2) is 11.5 Å². The average molecular weight is 285 g/mol. The molecule has 0 aromatic heterocycles. The molecule has 0 fully saturated rings. The summed E-state index contributed by atoms with van der Waals surface area (Å²) in [7, 11) is 0. The first-order chi connectivity index (χ1) is 10.2. The molecule has 3 heteroatoms. The van der Waals surface area contributed by atoms with Gasteiger partial charge < -0.3 is 15.2 Å². The molecule has 112 valence electrons. The Morgan fingerprint density at radius 3 is 2.38 bits per heavy atom. The van der Waals surface area contributed by atoms with E-state index in [-0.39, 0.29) is 6.04 Å². The van der Waals surface area contributed by atoms with Crippen molar-refractivity contribution in [2.75, 3.05) is 6.61 Å². The molecular formula is C18H23NO2. The van der Waals surface area contributed by atoms with Crippen molar-refractivity contribution in [2.45, 2.75) is 32.9 Å². The van der Waals surface area contributed by atoms with E-state index in [9.17, 15) is 0 Å². The molecular weight excluding hydrogens is 262 g/mol. The lowest BCUT2D eigenvalue weighted by atomic mass is 10.1. The summed E-state index contributed by atoms with van der Waals surface area (Å²) in [5, 5.41) is 0. The van der Waals surface area contributed by atoms with Gasteiger partial charge in [0, 0.05) is 6.04 Å². The number of rotatable bonds is 7. The van der Waals surface area contributed by atoms with Crippen molar-refractivity contribution in [2.24, 2.45) is 5.73 Å². The second kappa shape index (κ2) is 7.70. The Bertz CT molecular complexity index is 554. The Kier molecular flexibility index (Phi) is 5.64. The molecule has 0 bridgehead atoms. The van der Waals surface area contributed by atoms with Gasteiger partial charge in [-0.1, -0.05) is 43.3 Å². The molecule has 21 heavy (non-hydrogen) atoms. The Labute approximate surface area is 126 Å². The first-order valence-electron chi connectivity index (χ1n) is 7.43. The molecule has 0 spiro atoms. The minimum absolute atomic E-state index is 0.0346. The molecule has 3 nitrogen and oxygen atoms in total. The van der Waals surface area contributed by atoms with Crippen LogP contribution in [0.3, 0.4) is 0 Å². The third-order valence-electron chi connectivity index (χ3n) is 3.37. The van der Waals surface area contributed by atoms with Gasteiger partial charge in [0.25, 0.3) is 0 Å². The predicted octanol–water partition coefficient (Wildman–Crippen LogP) is 4.07. The zero-order valence-electron chi connectivity index (χ0n) is 12.7. The molecule has 0 heterocycles. The van der Waals surface area contributed by atoms with Crippen LogP contribution < -0.4 is 15.2 Å². The minimum atomic E-state index is 0.0346. The summed E-state index contributed by atoms with van der Waals surface area (Å²) in [5.74, 6) is 1.52. The lowest BCUT2D eigenvalue weighted by Crippen LogP contribution is -2.09. The molecule has 0 saturated heterocycles. The van der Waals surface area contributed by atoms with Crippen LogP contribution in [0.4, 0.5) is 0 Å². The highest BCUT2D eigenvalue weighted by Crippen LogP contribution is 2.31. The van der Waals surface area contributed by atoms with E-state index >= 15 is 0 Å². The molecule has 2 N–H and O–H groups in total. The molecule has 0 aliphatic heterocycles. The van der Waals surface area contributed by atoms with Crippen LogP contribution in [-0.4, -0.2) is 6.61 Å². The third kappa shape index (κ3) is 4.23. The Morgan fingerprint density at radius 1 is 0.952 bits per heavy atom. The minimum Gasteiger partial charge on any atom is -0.490 e. The third-order valence-corrected chi connectivity index (χ3v) is 3.37. The monoisotopic (exact) mass is 285 g/mol. The molecule has 2 rings (SSSR count). The second-order valence-electron chi connectivity index (χ2n) is 4.93. The van der Waals surface area contributed by atoms with Crippen molar-refractivity contribution >= 4 is 0 Å². The highest BCUT2D eigenvalue weighted by atomic mass is 16.5. The van der Waals surface area contributed by atoms with Crippen molar-refractivity contribution in [3.8, 4) is 11.5 Å². The highest BCUT2D eigenvalue weighted by Gasteiger charge is 2.10. The van der Waals surface area contributed by atoms with Gasteiger partial charge in [0.05, 0.1) is 6.61 Å². The van der Waals surface area contributed by atoms with Crippen LogP contribution in [0.1, 0.15) is 37.4 Å². The molecule has 0 aliphatic rings. The lowest BCUT2D eigenvalue weighted by molar-refractivity contribution is 0.269. The quantitative estimate of drug-likeness (QED) is 0.834. The SMILES string of the molecule is CCOc1cc([C@@H](N)CC)ccc1OCc1ccccc1. The Morgan fingerprint density at radius 2 is 1.71 bits per heavy atom. The van der Waals surface area contributed by atoms with Crippen LogP contribution in [-0.2, 0) is 6.61 Å². The highest BCUT2D eigenvalue weighted by molar-refractivity contribution is 5.44. The van der Waals surface area contributed by atoms with Crippen molar-refractivity contribution in [3.05, 3.63) is 59.7 Å². The van der Waals surface area contributed by atoms with E-state index in [0.717, 1.165) is 29.0 Å². The topological polar surface area (TPSA) is 44.5 Å². The van der Waals surface area contributed by atoms with Crippen LogP contribution in [0.2, 0.25) is 0 Å². The maximum absolute atomic E-state index is 6.08. The van der Waals surface area contributed by atoms with Gasteiger partial charge in [0.1, 0.15) is 6.61 Å². The van der Waals surface area contributed by atoms with E-state index in [4.69, 9.17) is 15.2 Å². The Hall–Kier alpha value is -2.00. The van der Waals surface area contributed by atoms with Crippen molar-refractivity contribution < 1.29 is 9.47 Å². The molecule has 2 aromatic carbocycles. The average Bonchev–Trinajstić information content (AvgIpc) is 2.54. The van der Waals surface area contributed by atoms with Crippen LogP contribution in [0, 0.1) is 0 Å². The standard InChI is InChI=1S/C18H23NO2/c1-3-16(19)15-10-11-17(18(12-15)20-4-2)21-13-14-8-6-5-7-9-14/h5-12,16H,3-4,13,19H2,1-2H3/t16-/m0/s1. The largest absolute Gasteiger partial charge is 0.490 e. The molecule has 0 aliphatic carbocycles. The number of benzene rings is 2. The van der Waals surface area contributed by atoms with Gasteiger partial charge in [-0.3, -0.25) is 0 Å². The summed E-state index contributed by atoms with van der Waals surface area (Å²) >= 11 is 0. The fourth-order valence-corrected chi connectivity index (χ4v) is 2.11. The normalized spacial score (nSPS) is 12.0. The zero-order valence-corrected chi connectivity index (χ0v) is 12.7. The first-order valence-corrected chi connectivity index (χ1v) is 7.43. The van der Waals surface area contributed by atoms with Gasteiger partial charge in [-0.2, -0.15) is 0 Å². The number of hydrogen-bond acceptors (Lipinski definition) is 3. The summed E-state index contributed by atoms with van der Waals surface area (Å²) in [4.78, 5) is 0. The van der Waals surface area contributed by atoms with Crippen LogP contribution >= 0.6 is 0 Å². The number of ether oxygens (including phenoxy) is 2. The summed E-state index contributed by atoms with van der Waals surface area (Å²) in [6, 6.07) is 16.1. The molecule has 0 amide bonds. The van der Waals surface area contributed by atoms with Crippen molar-refractivity contribution in [1.82, 2.24) is 0 Å². The van der Waals surface area contributed by atoms with Crippen LogP contribution in [0.25, 0.3) is 0 Å². The smallest absolute Gasteiger partial charge is 0.161 e. The molecule has 0 unspecified atom stereocenters. The summed E-state index contributed by atoms with van der Waals surface area (Å²) in [6.07, 6.45) is 0.899. The maximum Gasteiger partial charge on any atom is 0.161 e. The second-order valence-corrected chi connectivity index (χ2v) is 4.93. The summed E-state index contributed by atoms with van der Waals surface area (Å²) in [5.41, 5.74) is 8.29. The molecule has 0 radical (unpaired) electrons. The van der Waals surface area contributed by atoms with Gasteiger partial charge in [0.2, 0.25) is 0 Å². The number of hydrogen-bond donors (Lipinski definition) is 1. The van der Waals surface area contributed by atoms with E-state index in [1.165, 1.54) is 0 Å². The van der Waals surface area contributed by atoms with Crippen LogP contribution in [0.15, 0.2) is 48.5 Å². The molecule has 1 atom stereocenters. The number of nitrogens with two attached hydrogens (primary N) is 1. The maximum atomic E-state index is 6.08. The van der Waals surface area contributed by atoms with Crippen molar-refractivity contribution in [3.63, 3.8) is 0 Å². The Balaban J connectivity index is 2.14. The van der Waals surface area contributed by atoms with Gasteiger partial charge >= 0.3 is 0 Å². The van der Waals surface area contributed by atoms with Gasteiger partial charge in [-0.15, -0.1) is 0 Å². The van der Waals surface area contributed by atoms with Crippen LogP contribution in [0.5, 0.6) is 11.5 Å². The van der Waals surface area contributed by atoms with E-state index in [1.807, 2.05) is 55.5 Å².